The van der Waals surface area contributed by atoms with Gasteiger partial charge in [0.2, 0.25) is 12.0 Å². The minimum absolute atomic E-state index is 0.205. The van der Waals surface area contributed by atoms with E-state index in [1.807, 2.05) is 0 Å². The standard InChI is InChI=1S/C5H4N4O/c10-5-8-7-4-1-2-6-3-9(4)5/h1-3H,(H,8,10)/p+1. The lowest BCUT2D eigenvalue weighted by Gasteiger charge is -1.76. The van der Waals surface area contributed by atoms with E-state index in [4.69, 9.17) is 0 Å². The molecule has 2 N–H and O–H groups in total. The second kappa shape index (κ2) is 1.66. The first kappa shape index (κ1) is 5.16. The van der Waals surface area contributed by atoms with Gasteiger partial charge in [-0.05, 0) is 0 Å². The zero-order valence-corrected chi connectivity index (χ0v) is 5.03. The Labute approximate surface area is 55.3 Å². The van der Waals surface area contributed by atoms with Crippen molar-refractivity contribution < 1.29 is 4.40 Å². The molecule has 0 aliphatic carbocycles. The molecule has 0 bridgehead atoms. The molecule has 2 rings (SSSR count). The number of aromatic nitrogens is 4. The van der Waals surface area contributed by atoms with Crippen molar-refractivity contribution >= 4 is 5.65 Å². The number of nitrogens with one attached hydrogen (secondary N) is 2. The van der Waals surface area contributed by atoms with Crippen molar-refractivity contribution in [1.82, 2.24) is 15.2 Å². The Bertz CT molecular complexity index is 401. The van der Waals surface area contributed by atoms with Gasteiger partial charge in [-0.3, -0.25) is 0 Å². The third kappa shape index (κ3) is 0.540. The molecule has 0 atom stereocenters. The molecule has 0 amide bonds. The summed E-state index contributed by atoms with van der Waals surface area (Å²) in [5.41, 5.74) is 0.503. The predicted octanol–water partition coefficient (Wildman–Crippen LogP) is -1.16. The first-order valence-electron chi connectivity index (χ1n) is 2.80. The Morgan fingerprint density at radius 1 is 1.50 bits per heavy atom. The van der Waals surface area contributed by atoms with Crippen molar-refractivity contribution in [3.05, 3.63) is 29.1 Å². The summed E-state index contributed by atoms with van der Waals surface area (Å²) < 4.78 is 1.39. The summed E-state index contributed by atoms with van der Waals surface area (Å²) >= 11 is 0. The molecule has 0 aliphatic heterocycles. The summed E-state index contributed by atoms with van der Waals surface area (Å²) in [6.45, 7) is 0. The fourth-order valence-electron chi connectivity index (χ4n) is 0.803. The summed E-state index contributed by atoms with van der Waals surface area (Å²) in [5.74, 6) is 0. The van der Waals surface area contributed by atoms with Crippen molar-refractivity contribution in [2.75, 3.05) is 0 Å². The minimum Gasteiger partial charge on any atom is -0.217 e. The lowest BCUT2D eigenvalue weighted by atomic mass is 10.6. The second-order valence-electron chi connectivity index (χ2n) is 1.89. The van der Waals surface area contributed by atoms with E-state index in [1.165, 1.54) is 10.7 Å². The maximum atomic E-state index is 10.8. The van der Waals surface area contributed by atoms with Crippen LogP contribution in [0.2, 0.25) is 0 Å². The molecule has 2 heterocycles. The normalized spacial score (nSPS) is 10.4. The predicted molar refractivity (Wildman–Crippen MR) is 32.4 cm³/mol. The van der Waals surface area contributed by atoms with Gasteiger partial charge in [0.1, 0.15) is 0 Å². The number of rotatable bonds is 0. The molecule has 2 aromatic rings. The van der Waals surface area contributed by atoms with Crippen LogP contribution in [-0.2, 0) is 0 Å². The van der Waals surface area contributed by atoms with Crippen molar-refractivity contribution in [2.45, 2.75) is 0 Å². The van der Waals surface area contributed by atoms with Crippen molar-refractivity contribution in [3.8, 4) is 0 Å². The summed E-state index contributed by atoms with van der Waals surface area (Å²) in [4.78, 5) is 14.6. The monoisotopic (exact) mass is 137 g/mol. The fourth-order valence-corrected chi connectivity index (χ4v) is 0.803. The molecular weight excluding hydrogens is 132 g/mol. The van der Waals surface area contributed by atoms with Gasteiger partial charge in [-0.15, -0.1) is 0 Å². The first-order chi connectivity index (χ1) is 4.88. The van der Waals surface area contributed by atoms with Crippen LogP contribution in [-0.4, -0.2) is 15.2 Å². The Hall–Kier alpha value is -1.65. The topological polar surface area (TPSA) is 65.6 Å². The average Bonchev–Trinajstić information content (AvgIpc) is 2.34. The van der Waals surface area contributed by atoms with E-state index in [9.17, 15) is 4.79 Å². The Balaban J connectivity index is 3.07. The van der Waals surface area contributed by atoms with Gasteiger partial charge >= 0.3 is 5.69 Å². The molecule has 0 unspecified atom stereocenters. The molecule has 0 radical (unpaired) electrons. The lowest BCUT2D eigenvalue weighted by molar-refractivity contribution is -0.532. The highest BCUT2D eigenvalue weighted by atomic mass is 16.1. The molecule has 2 aromatic heterocycles. The third-order valence-electron chi connectivity index (χ3n) is 1.28. The Morgan fingerprint density at radius 2 is 2.40 bits per heavy atom. The highest BCUT2D eigenvalue weighted by molar-refractivity contribution is 5.22. The van der Waals surface area contributed by atoms with Gasteiger partial charge in [-0.25, -0.2) is 4.79 Å². The SMILES string of the molecule is O=c1[nH][nH]c2ccnc[n+]12. The summed E-state index contributed by atoms with van der Waals surface area (Å²) in [7, 11) is 0. The fraction of sp³-hybridized carbons (Fsp3) is 0. The highest BCUT2D eigenvalue weighted by Gasteiger charge is 2.01. The van der Waals surface area contributed by atoms with E-state index < -0.39 is 0 Å². The first-order valence-corrected chi connectivity index (χ1v) is 2.80. The van der Waals surface area contributed by atoms with Crippen LogP contribution in [0.5, 0.6) is 0 Å². The number of fused-ring (bicyclic) bond motifs is 1. The zero-order valence-electron chi connectivity index (χ0n) is 5.03. The summed E-state index contributed by atoms with van der Waals surface area (Å²) in [6.07, 6.45) is 3.06. The van der Waals surface area contributed by atoms with Gasteiger partial charge in [-0.2, -0.15) is 19.6 Å². The van der Waals surface area contributed by atoms with Crippen LogP contribution in [0.25, 0.3) is 5.65 Å². The highest BCUT2D eigenvalue weighted by Crippen LogP contribution is 1.78. The molecule has 5 nitrogen and oxygen atoms in total. The molecule has 0 saturated carbocycles. The van der Waals surface area contributed by atoms with E-state index in [2.05, 4.69) is 15.2 Å². The molecule has 0 aliphatic rings. The van der Waals surface area contributed by atoms with Crippen LogP contribution in [0, 0.1) is 0 Å². The summed E-state index contributed by atoms with van der Waals surface area (Å²) in [5, 5.41) is 5.09. The molecule has 0 spiro atoms. The van der Waals surface area contributed by atoms with Crippen molar-refractivity contribution in [1.29, 1.82) is 0 Å². The van der Waals surface area contributed by atoms with Crippen LogP contribution < -0.4 is 10.1 Å². The van der Waals surface area contributed by atoms with E-state index in [-0.39, 0.29) is 5.69 Å². The molecule has 0 aromatic carbocycles. The van der Waals surface area contributed by atoms with Crippen LogP contribution >= 0.6 is 0 Å². The number of aromatic amines is 2. The van der Waals surface area contributed by atoms with Crippen molar-refractivity contribution in [2.24, 2.45) is 0 Å². The molecule has 5 heteroatoms. The average molecular weight is 137 g/mol. The maximum Gasteiger partial charge on any atom is 0.443 e. The minimum atomic E-state index is -0.205. The van der Waals surface area contributed by atoms with Gasteiger partial charge in [0.05, 0.1) is 6.20 Å². The molecular formula is C5H5N4O+. The van der Waals surface area contributed by atoms with Gasteiger partial charge in [-0.1, -0.05) is 0 Å². The van der Waals surface area contributed by atoms with E-state index >= 15 is 0 Å². The van der Waals surface area contributed by atoms with Crippen LogP contribution in [0.3, 0.4) is 0 Å². The van der Waals surface area contributed by atoms with Crippen LogP contribution in [0.15, 0.2) is 23.4 Å². The number of hydrogen-bond acceptors (Lipinski definition) is 2. The lowest BCUT2D eigenvalue weighted by Crippen LogP contribution is -2.37. The molecule has 50 valence electrons. The number of hydrogen-bond donors (Lipinski definition) is 2. The quantitative estimate of drug-likeness (QED) is 0.449. The Morgan fingerprint density at radius 3 is 3.20 bits per heavy atom. The van der Waals surface area contributed by atoms with Gasteiger partial charge < -0.3 is 0 Å². The van der Waals surface area contributed by atoms with E-state index in [0.717, 1.165) is 0 Å². The van der Waals surface area contributed by atoms with Gasteiger partial charge in [0.25, 0.3) is 0 Å². The smallest absolute Gasteiger partial charge is 0.217 e. The summed E-state index contributed by atoms with van der Waals surface area (Å²) in [6, 6.07) is 1.71. The van der Waals surface area contributed by atoms with E-state index in [0.29, 0.717) is 5.65 Å². The van der Waals surface area contributed by atoms with Gasteiger partial charge in [0, 0.05) is 6.07 Å². The largest absolute Gasteiger partial charge is 0.443 e. The van der Waals surface area contributed by atoms with Crippen LogP contribution in [0.4, 0.5) is 0 Å². The van der Waals surface area contributed by atoms with Gasteiger partial charge in [0.15, 0.2) is 0 Å². The molecule has 10 heavy (non-hydrogen) atoms. The number of H-pyrrole nitrogens is 2. The zero-order chi connectivity index (χ0) is 6.97. The van der Waals surface area contributed by atoms with Crippen molar-refractivity contribution in [3.63, 3.8) is 0 Å². The third-order valence-corrected chi connectivity index (χ3v) is 1.28. The Kier molecular flexibility index (Phi) is 0.858. The van der Waals surface area contributed by atoms with Crippen LogP contribution in [0.1, 0.15) is 0 Å². The molecule has 0 saturated heterocycles. The second-order valence-corrected chi connectivity index (χ2v) is 1.89. The molecule has 0 fully saturated rings. The number of nitrogens with zero attached hydrogens (tertiary/aromatic N) is 2. The van der Waals surface area contributed by atoms with E-state index in [1.54, 1.807) is 12.3 Å². The maximum absolute atomic E-state index is 10.8.